The van der Waals surface area contributed by atoms with Crippen molar-refractivity contribution in [3.05, 3.63) is 0 Å². The number of carbonyl (C=O) groups excluding carboxylic acids is 2. The number of rotatable bonds is 9. The highest BCUT2D eigenvalue weighted by Gasteiger charge is 2.12. The molecule has 0 rings (SSSR count). The normalized spacial score (nSPS) is 13.2. The maximum absolute atomic E-state index is 11.4. The van der Waals surface area contributed by atoms with Gasteiger partial charge in [-0.3, -0.25) is 4.79 Å². The van der Waals surface area contributed by atoms with E-state index in [0.29, 0.717) is 0 Å². The monoisotopic (exact) mass is 289 g/mol. The van der Waals surface area contributed by atoms with Crippen molar-refractivity contribution in [3.8, 4) is 0 Å². The van der Waals surface area contributed by atoms with E-state index in [1.54, 1.807) is 0 Å². The Kier molecular flexibility index (Phi) is 9.10. The molecule has 0 aliphatic rings. The van der Waals surface area contributed by atoms with Gasteiger partial charge in [0.05, 0.1) is 0 Å². The van der Waals surface area contributed by atoms with Crippen molar-refractivity contribution >= 4 is 17.9 Å². The predicted molar refractivity (Wildman–Crippen MR) is 72.2 cm³/mol. The van der Waals surface area contributed by atoms with Crippen LogP contribution in [0.5, 0.6) is 0 Å². The fraction of sp³-hybridized carbons (Fsp3) is 0.750. The summed E-state index contributed by atoms with van der Waals surface area (Å²) < 4.78 is 0. The lowest BCUT2D eigenvalue weighted by Crippen LogP contribution is -2.40. The zero-order valence-electron chi connectivity index (χ0n) is 11.8. The van der Waals surface area contributed by atoms with E-state index in [-0.39, 0.29) is 37.9 Å². The highest BCUT2D eigenvalue weighted by molar-refractivity contribution is 5.78. The van der Waals surface area contributed by atoms with E-state index >= 15 is 0 Å². The molecule has 2 atom stereocenters. The first-order chi connectivity index (χ1) is 9.36. The third-order valence-corrected chi connectivity index (χ3v) is 2.65. The van der Waals surface area contributed by atoms with Gasteiger partial charge >= 0.3 is 12.0 Å². The fourth-order valence-corrected chi connectivity index (χ4v) is 1.25. The fourth-order valence-electron chi connectivity index (χ4n) is 1.25. The second-order valence-electron chi connectivity index (χ2n) is 4.45. The molecule has 20 heavy (non-hydrogen) atoms. The number of carbonyl (C=O) groups is 3. The number of hydrogen-bond acceptors (Lipinski definition) is 4. The van der Waals surface area contributed by atoms with E-state index in [9.17, 15) is 14.4 Å². The average Bonchev–Trinajstić information content (AvgIpc) is 2.38. The van der Waals surface area contributed by atoms with Crippen LogP contribution in [0, 0.1) is 0 Å². The first-order valence-electron chi connectivity index (χ1n) is 6.58. The number of nitrogens with one attached hydrogen (secondary N) is 3. The van der Waals surface area contributed by atoms with Crippen LogP contribution in [0.2, 0.25) is 0 Å². The van der Waals surface area contributed by atoms with Crippen molar-refractivity contribution < 1.29 is 24.6 Å². The predicted octanol–water partition coefficient (Wildman–Crippen LogP) is -0.574. The Bertz CT molecular complexity index is 335. The summed E-state index contributed by atoms with van der Waals surface area (Å²) in [6.07, 6.45) is -0.546. The summed E-state index contributed by atoms with van der Waals surface area (Å²) >= 11 is 0. The molecule has 116 valence electrons. The molecular formula is C12H23N3O5. The lowest BCUT2D eigenvalue weighted by atomic mass is 10.2. The van der Waals surface area contributed by atoms with Crippen molar-refractivity contribution in [2.24, 2.45) is 0 Å². The molecule has 0 radical (unpaired) electrons. The molecule has 0 fully saturated rings. The van der Waals surface area contributed by atoms with Crippen LogP contribution in [0.15, 0.2) is 0 Å². The minimum atomic E-state index is -1.49. The Morgan fingerprint density at radius 1 is 1.15 bits per heavy atom. The van der Waals surface area contributed by atoms with E-state index in [4.69, 9.17) is 10.2 Å². The lowest BCUT2D eigenvalue weighted by molar-refractivity contribution is -0.146. The van der Waals surface area contributed by atoms with E-state index in [1.807, 2.05) is 13.8 Å². The highest BCUT2D eigenvalue weighted by atomic mass is 16.4. The van der Waals surface area contributed by atoms with Crippen LogP contribution in [-0.4, -0.2) is 53.4 Å². The van der Waals surface area contributed by atoms with Crippen LogP contribution in [0.25, 0.3) is 0 Å². The molecule has 0 spiro atoms. The molecule has 0 heterocycles. The zero-order chi connectivity index (χ0) is 15.5. The summed E-state index contributed by atoms with van der Waals surface area (Å²) in [7, 11) is 0. The number of carboxylic acids is 1. The summed E-state index contributed by atoms with van der Waals surface area (Å²) in [5.41, 5.74) is 0. The van der Waals surface area contributed by atoms with Crippen molar-refractivity contribution in [1.29, 1.82) is 0 Å². The molecule has 0 saturated heterocycles. The first kappa shape index (κ1) is 18.2. The molecule has 0 aromatic heterocycles. The average molecular weight is 289 g/mol. The van der Waals surface area contributed by atoms with Crippen LogP contribution in [0.1, 0.15) is 33.1 Å². The van der Waals surface area contributed by atoms with Gasteiger partial charge in [0.2, 0.25) is 5.91 Å². The Hall–Kier alpha value is -1.83. The second-order valence-corrected chi connectivity index (χ2v) is 4.45. The number of aliphatic hydroxyl groups is 1. The van der Waals surface area contributed by atoms with E-state index < -0.39 is 18.1 Å². The molecule has 0 aliphatic carbocycles. The standard InChI is InChI=1S/C12H23N3O5/c1-3-8(2)15-10(17)5-7-14-12(20)13-6-4-9(16)11(18)19/h8-9,16H,3-7H2,1-2H3,(H,15,17)(H,18,19)(H2,13,14,20)/t8?,9-/m0/s1. The minimum absolute atomic E-state index is 0.0400. The summed E-state index contributed by atoms with van der Waals surface area (Å²) in [6, 6.07) is -0.396. The van der Waals surface area contributed by atoms with E-state index in [0.717, 1.165) is 6.42 Å². The zero-order valence-corrected chi connectivity index (χ0v) is 11.8. The lowest BCUT2D eigenvalue weighted by Gasteiger charge is -2.12. The van der Waals surface area contributed by atoms with Gasteiger partial charge in [0.25, 0.3) is 0 Å². The molecule has 8 nitrogen and oxygen atoms in total. The van der Waals surface area contributed by atoms with Gasteiger partial charge in [0.1, 0.15) is 0 Å². The van der Waals surface area contributed by atoms with Gasteiger partial charge in [-0.1, -0.05) is 6.92 Å². The molecule has 8 heteroatoms. The first-order valence-corrected chi connectivity index (χ1v) is 6.58. The molecular weight excluding hydrogens is 266 g/mol. The number of carboxylic acid groups (broad SMARTS) is 1. The van der Waals surface area contributed by atoms with Crippen LogP contribution >= 0.6 is 0 Å². The summed E-state index contributed by atoms with van der Waals surface area (Å²) in [5, 5.41) is 25.0. The van der Waals surface area contributed by atoms with Crippen molar-refractivity contribution in [3.63, 3.8) is 0 Å². The molecule has 0 aromatic rings. The van der Waals surface area contributed by atoms with Gasteiger partial charge in [-0.15, -0.1) is 0 Å². The summed E-state index contributed by atoms with van der Waals surface area (Å²) in [6.45, 7) is 4.09. The molecule has 0 aliphatic heterocycles. The number of aliphatic carboxylic acids is 1. The summed E-state index contributed by atoms with van der Waals surface area (Å²) in [5.74, 6) is -1.46. The van der Waals surface area contributed by atoms with Crippen LogP contribution in [0.3, 0.4) is 0 Å². The molecule has 1 unspecified atom stereocenters. The van der Waals surface area contributed by atoms with Gasteiger partial charge in [-0.25, -0.2) is 9.59 Å². The quantitative estimate of drug-likeness (QED) is 0.388. The van der Waals surface area contributed by atoms with Crippen molar-refractivity contribution in [1.82, 2.24) is 16.0 Å². The Labute approximate surface area is 117 Å². The molecule has 5 N–H and O–H groups in total. The van der Waals surface area contributed by atoms with Gasteiger partial charge < -0.3 is 26.2 Å². The number of hydrogen-bond donors (Lipinski definition) is 5. The molecule has 3 amide bonds. The second kappa shape index (κ2) is 10.0. The maximum Gasteiger partial charge on any atom is 0.332 e. The van der Waals surface area contributed by atoms with Crippen molar-refractivity contribution in [2.45, 2.75) is 45.3 Å². The Balaban J connectivity index is 3.63. The Morgan fingerprint density at radius 2 is 1.75 bits per heavy atom. The van der Waals surface area contributed by atoms with Crippen molar-refractivity contribution in [2.75, 3.05) is 13.1 Å². The third-order valence-electron chi connectivity index (χ3n) is 2.65. The topological polar surface area (TPSA) is 128 Å². The Morgan fingerprint density at radius 3 is 2.30 bits per heavy atom. The molecule has 0 aromatic carbocycles. The number of urea groups is 1. The van der Waals surface area contributed by atoms with Gasteiger partial charge in [0.15, 0.2) is 6.10 Å². The summed E-state index contributed by atoms with van der Waals surface area (Å²) in [4.78, 5) is 33.0. The third kappa shape index (κ3) is 9.15. The van der Waals surface area contributed by atoms with Gasteiger partial charge in [0, 0.05) is 32.0 Å². The number of aliphatic hydroxyl groups excluding tert-OH is 1. The van der Waals surface area contributed by atoms with Gasteiger partial charge in [-0.05, 0) is 13.3 Å². The van der Waals surface area contributed by atoms with Gasteiger partial charge in [-0.2, -0.15) is 0 Å². The highest BCUT2D eigenvalue weighted by Crippen LogP contribution is 1.90. The van der Waals surface area contributed by atoms with E-state index in [2.05, 4.69) is 16.0 Å². The SMILES string of the molecule is CCC(C)NC(=O)CCNC(=O)NCC[C@H](O)C(=O)O. The minimum Gasteiger partial charge on any atom is -0.479 e. The van der Waals surface area contributed by atoms with Crippen LogP contribution in [0.4, 0.5) is 4.79 Å². The van der Waals surface area contributed by atoms with Crippen LogP contribution < -0.4 is 16.0 Å². The number of amides is 3. The maximum atomic E-state index is 11.4. The molecule has 0 saturated carbocycles. The molecule has 0 bridgehead atoms. The smallest absolute Gasteiger partial charge is 0.332 e. The largest absolute Gasteiger partial charge is 0.479 e. The van der Waals surface area contributed by atoms with Crippen LogP contribution in [-0.2, 0) is 9.59 Å². The van der Waals surface area contributed by atoms with E-state index in [1.165, 1.54) is 0 Å².